The number of rotatable bonds is 4. The second kappa shape index (κ2) is 5.56. The molecule has 0 fully saturated rings. The van der Waals surface area contributed by atoms with E-state index < -0.39 is 18.0 Å². The number of ether oxygens (including phenoxy) is 1. The number of esters is 1. The number of nitriles is 1. The lowest BCUT2D eigenvalue weighted by atomic mass is 9.99. The van der Waals surface area contributed by atoms with Gasteiger partial charge in [0.05, 0.1) is 19.1 Å². The number of hydrogen-bond acceptors (Lipinski definition) is 4. The molecule has 68 valence electrons. The maximum atomic E-state index is 10.8. The van der Waals surface area contributed by atoms with Gasteiger partial charge in [-0.15, -0.1) is 0 Å². The predicted molar refractivity (Wildman–Crippen MR) is 42.0 cm³/mol. The number of methoxy groups -OCH3 is 1. The summed E-state index contributed by atoms with van der Waals surface area (Å²) >= 11 is 0. The van der Waals surface area contributed by atoms with Crippen molar-refractivity contribution in [1.82, 2.24) is 0 Å². The van der Waals surface area contributed by atoms with E-state index in [1.54, 1.807) is 0 Å². The summed E-state index contributed by atoms with van der Waals surface area (Å²) in [6, 6.07) is 1.87. The minimum atomic E-state index is -1.31. The molecule has 0 aliphatic rings. The highest BCUT2D eigenvalue weighted by Gasteiger charge is 2.25. The van der Waals surface area contributed by atoms with E-state index in [0.717, 1.165) is 6.42 Å². The molecule has 0 aliphatic carbocycles. The number of aliphatic hydroxyl groups is 1. The van der Waals surface area contributed by atoms with Gasteiger partial charge < -0.3 is 9.84 Å². The fourth-order valence-corrected chi connectivity index (χ4v) is 0.889. The first-order valence-corrected chi connectivity index (χ1v) is 3.82. The second-order valence-electron chi connectivity index (χ2n) is 2.49. The van der Waals surface area contributed by atoms with Crippen LogP contribution in [0, 0.1) is 17.2 Å². The molecule has 0 saturated carbocycles. The summed E-state index contributed by atoms with van der Waals surface area (Å²) < 4.78 is 4.30. The van der Waals surface area contributed by atoms with Gasteiger partial charge in [-0.25, -0.2) is 4.79 Å². The number of aliphatic hydroxyl groups excluding tert-OH is 1. The van der Waals surface area contributed by atoms with Gasteiger partial charge in [-0.2, -0.15) is 5.26 Å². The van der Waals surface area contributed by atoms with Gasteiger partial charge >= 0.3 is 5.97 Å². The first-order chi connectivity index (χ1) is 5.67. The Morgan fingerprint density at radius 2 is 2.33 bits per heavy atom. The van der Waals surface area contributed by atoms with E-state index in [-0.39, 0.29) is 0 Å². The minimum Gasteiger partial charge on any atom is -0.467 e. The third-order valence-corrected chi connectivity index (χ3v) is 1.59. The third kappa shape index (κ3) is 2.89. The summed E-state index contributed by atoms with van der Waals surface area (Å²) in [5.74, 6) is -1.39. The fraction of sp³-hybridized carbons (Fsp3) is 0.750. The van der Waals surface area contributed by atoms with E-state index in [1.807, 2.05) is 13.0 Å². The van der Waals surface area contributed by atoms with E-state index in [4.69, 9.17) is 5.26 Å². The van der Waals surface area contributed by atoms with Gasteiger partial charge in [-0.3, -0.25) is 0 Å². The molecule has 2 unspecified atom stereocenters. The van der Waals surface area contributed by atoms with Crippen molar-refractivity contribution in [2.75, 3.05) is 7.11 Å². The van der Waals surface area contributed by atoms with E-state index in [2.05, 4.69) is 4.74 Å². The Hall–Kier alpha value is -1.08. The summed E-state index contributed by atoms with van der Waals surface area (Å²) in [7, 11) is 1.19. The molecular formula is C8H13NO3. The molecule has 4 heteroatoms. The number of nitrogens with zero attached hydrogens (tertiary/aromatic N) is 1. The molecule has 0 spiro atoms. The molecule has 1 N–H and O–H groups in total. The standard InChI is InChI=1S/C8H13NO3/c1-3-4-6(5-9)7(10)8(11)12-2/h6-7,10H,3-4H2,1-2H3. The summed E-state index contributed by atoms with van der Waals surface area (Å²) in [5, 5.41) is 17.8. The van der Waals surface area contributed by atoms with Crippen LogP contribution in [0.3, 0.4) is 0 Å². The van der Waals surface area contributed by atoms with Crippen LogP contribution in [-0.2, 0) is 9.53 Å². The molecular weight excluding hydrogens is 158 g/mol. The lowest BCUT2D eigenvalue weighted by Gasteiger charge is -2.12. The van der Waals surface area contributed by atoms with Gasteiger partial charge in [-0.05, 0) is 6.42 Å². The van der Waals surface area contributed by atoms with Crippen LogP contribution in [0.2, 0.25) is 0 Å². The van der Waals surface area contributed by atoms with E-state index >= 15 is 0 Å². The zero-order valence-electron chi connectivity index (χ0n) is 7.28. The Labute approximate surface area is 71.8 Å². The Morgan fingerprint density at radius 1 is 1.75 bits per heavy atom. The molecule has 0 heterocycles. The van der Waals surface area contributed by atoms with Crippen LogP contribution in [0.25, 0.3) is 0 Å². The summed E-state index contributed by atoms with van der Waals surface area (Å²) in [6.07, 6.45) is -0.0427. The monoisotopic (exact) mass is 171 g/mol. The van der Waals surface area contributed by atoms with Gasteiger partial charge in [0, 0.05) is 0 Å². The van der Waals surface area contributed by atoms with Gasteiger partial charge in [0.2, 0.25) is 0 Å². The number of carbonyl (C=O) groups is 1. The molecule has 0 rings (SSSR count). The summed E-state index contributed by atoms with van der Waals surface area (Å²) in [6.45, 7) is 1.88. The second-order valence-corrected chi connectivity index (χ2v) is 2.49. The number of hydrogen-bond donors (Lipinski definition) is 1. The van der Waals surface area contributed by atoms with Gasteiger partial charge in [0.25, 0.3) is 0 Å². The van der Waals surface area contributed by atoms with E-state index in [1.165, 1.54) is 7.11 Å². The summed E-state index contributed by atoms with van der Waals surface area (Å²) in [4.78, 5) is 10.8. The molecule has 4 nitrogen and oxygen atoms in total. The van der Waals surface area contributed by atoms with Gasteiger partial charge in [-0.1, -0.05) is 13.3 Å². The topological polar surface area (TPSA) is 70.3 Å². The first-order valence-electron chi connectivity index (χ1n) is 3.82. The Morgan fingerprint density at radius 3 is 2.67 bits per heavy atom. The highest BCUT2D eigenvalue weighted by molar-refractivity contribution is 5.74. The smallest absolute Gasteiger partial charge is 0.336 e. The molecule has 0 saturated heterocycles. The number of carbonyl (C=O) groups excluding carboxylic acids is 1. The molecule has 12 heavy (non-hydrogen) atoms. The highest BCUT2D eigenvalue weighted by atomic mass is 16.5. The van der Waals surface area contributed by atoms with Crippen molar-refractivity contribution < 1.29 is 14.6 Å². The average molecular weight is 171 g/mol. The molecule has 0 aromatic heterocycles. The molecule has 0 aromatic carbocycles. The molecule has 0 bridgehead atoms. The van der Waals surface area contributed by atoms with E-state index in [0.29, 0.717) is 6.42 Å². The maximum absolute atomic E-state index is 10.8. The maximum Gasteiger partial charge on any atom is 0.336 e. The normalized spacial score (nSPS) is 14.5. The van der Waals surface area contributed by atoms with Crippen molar-refractivity contribution in [3.05, 3.63) is 0 Å². The van der Waals surface area contributed by atoms with Crippen molar-refractivity contribution in [1.29, 1.82) is 5.26 Å². The lowest BCUT2D eigenvalue weighted by Crippen LogP contribution is -2.29. The van der Waals surface area contributed by atoms with Crippen LogP contribution in [0.4, 0.5) is 0 Å². The Kier molecular flexibility index (Phi) is 5.06. The summed E-state index contributed by atoms with van der Waals surface area (Å²) in [5.41, 5.74) is 0. The minimum absolute atomic E-state index is 0.507. The van der Waals surface area contributed by atoms with Crippen molar-refractivity contribution in [3.63, 3.8) is 0 Å². The van der Waals surface area contributed by atoms with Gasteiger partial charge in [0.15, 0.2) is 6.10 Å². The Bertz CT molecular complexity index is 185. The van der Waals surface area contributed by atoms with E-state index in [9.17, 15) is 9.90 Å². The third-order valence-electron chi connectivity index (χ3n) is 1.59. The quantitative estimate of drug-likeness (QED) is 0.624. The highest BCUT2D eigenvalue weighted by Crippen LogP contribution is 2.11. The van der Waals surface area contributed by atoms with Crippen molar-refractivity contribution in [2.45, 2.75) is 25.9 Å². The molecule has 0 aliphatic heterocycles. The molecule has 0 amide bonds. The first kappa shape index (κ1) is 10.9. The zero-order chi connectivity index (χ0) is 9.56. The lowest BCUT2D eigenvalue weighted by molar-refractivity contribution is -0.152. The molecule has 0 radical (unpaired) electrons. The van der Waals surface area contributed by atoms with Crippen molar-refractivity contribution >= 4 is 5.97 Å². The SMILES string of the molecule is CCCC(C#N)C(O)C(=O)OC. The van der Waals surface area contributed by atoms with Crippen molar-refractivity contribution in [2.24, 2.45) is 5.92 Å². The predicted octanol–water partition coefficient (Wildman–Crippen LogP) is 0.460. The van der Waals surface area contributed by atoms with Crippen LogP contribution in [0.15, 0.2) is 0 Å². The molecule has 0 aromatic rings. The zero-order valence-corrected chi connectivity index (χ0v) is 7.28. The van der Waals surface area contributed by atoms with Gasteiger partial charge in [0.1, 0.15) is 0 Å². The van der Waals surface area contributed by atoms with Crippen LogP contribution in [-0.4, -0.2) is 24.3 Å². The van der Waals surface area contributed by atoms with Crippen LogP contribution in [0.5, 0.6) is 0 Å². The Balaban J connectivity index is 4.13. The van der Waals surface area contributed by atoms with Crippen LogP contribution in [0.1, 0.15) is 19.8 Å². The van der Waals surface area contributed by atoms with Crippen molar-refractivity contribution in [3.8, 4) is 6.07 Å². The fourth-order valence-electron chi connectivity index (χ4n) is 0.889. The van der Waals surface area contributed by atoms with Crippen LogP contribution >= 0.6 is 0 Å². The average Bonchev–Trinajstić information content (AvgIpc) is 2.11. The molecule has 2 atom stereocenters. The largest absolute Gasteiger partial charge is 0.467 e. The van der Waals surface area contributed by atoms with Crippen LogP contribution < -0.4 is 0 Å².